The van der Waals surface area contributed by atoms with Gasteiger partial charge in [0.2, 0.25) is 0 Å². The molecule has 1 aromatic carbocycles. The summed E-state index contributed by atoms with van der Waals surface area (Å²) in [6.07, 6.45) is 1.40. The Hall–Kier alpha value is -1.15. The molecule has 1 aromatic rings. The largest absolute Gasteiger partial charge is 0.289 e. The van der Waals surface area contributed by atoms with Gasteiger partial charge in [0.1, 0.15) is 5.82 Å². The number of rotatable bonds is 2. The Kier molecular flexibility index (Phi) is 3.42. The molecular formula is C11H10ClFO. The van der Waals surface area contributed by atoms with Crippen LogP contribution in [0.3, 0.4) is 0 Å². The van der Waals surface area contributed by atoms with Gasteiger partial charge >= 0.3 is 0 Å². The van der Waals surface area contributed by atoms with Crippen molar-refractivity contribution in [3.63, 3.8) is 0 Å². The second-order valence-corrected chi connectivity index (χ2v) is 3.65. The predicted octanol–water partition coefficient (Wildman–Crippen LogP) is 3.63. The summed E-state index contributed by atoms with van der Waals surface area (Å²) >= 11 is 5.56. The van der Waals surface area contributed by atoms with Crippen molar-refractivity contribution in [2.24, 2.45) is 0 Å². The number of ketones is 1. The normalized spacial score (nSPS) is 9.71. The predicted molar refractivity (Wildman–Crippen MR) is 55.2 cm³/mol. The molecule has 0 aliphatic rings. The molecule has 0 saturated carbocycles. The average Bonchev–Trinajstić information content (AvgIpc) is 2.01. The minimum absolute atomic E-state index is 0.0515. The number of carbonyl (C=O) groups is 1. The molecule has 0 radical (unpaired) electrons. The lowest BCUT2D eigenvalue weighted by Crippen LogP contribution is -1.98. The molecule has 0 aliphatic carbocycles. The van der Waals surface area contributed by atoms with Gasteiger partial charge < -0.3 is 0 Å². The second-order valence-electron chi connectivity index (χ2n) is 3.21. The highest BCUT2D eigenvalue weighted by Gasteiger charge is 2.09. The molecule has 0 heterocycles. The maximum Gasteiger partial charge on any atom is 0.188 e. The van der Waals surface area contributed by atoms with Crippen molar-refractivity contribution in [3.05, 3.63) is 46.3 Å². The Balaban J connectivity index is 3.08. The molecule has 0 aromatic heterocycles. The maximum absolute atomic E-state index is 13.2. The maximum atomic E-state index is 13.2. The topological polar surface area (TPSA) is 17.1 Å². The average molecular weight is 213 g/mol. The van der Waals surface area contributed by atoms with Crippen molar-refractivity contribution in [1.29, 1.82) is 0 Å². The Morgan fingerprint density at radius 2 is 2.07 bits per heavy atom. The lowest BCUT2D eigenvalue weighted by molar-refractivity contribution is 0.104. The third-order valence-electron chi connectivity index (χ3n) is 1.62. The summed E-state index contributed by atoms with van der Waals surface area (Å²) in [5.74, 6) is -0.917. The monoisotopic (exact) mass is 212 g/mol. The van der Waals surface area contributed by atoms with E-state index >= 15 is 0 Å². The number of carbonyl (C=O) groups excluding carboxylic acids is 1. The third-order valence-corrected chi connectivity index (χ3v) is 1.85. The van der Waals surface area contributed by atoms with Crippen molar-refractivity contribution in [2.45, 2.75) is 13.8 Å². The van der Waals surface area contributed by atoms with E-state index in [9.17, 15) is 9.18 Å². The van der Waals surface area contributed by atoms with Gasteiger partial charge in [0.25, 0.3) is 0 Å². The fourth-order valence-electron chi connectivity index (χ4n) is 1.03. The van der Waals surface area contributed by atoms with Gasteiger partial charge in [0.05, 0.1) is 5.56 Å². The fourth-order valence-corrected chi connectivity index (χ4v) is 1.19. The fraction of sp³-hybridized carbons (Fsp3) is 0.182. The molecule has 0 amide bonds. The quantitative estimate of drug-likeness (QED) is 0.541. The van der Waals surface area contributed by atoms with E-state index in [1.54, 1.807) is 13.8 Å². The first-order valence-corrected chi connectivity index (χ1v) is 4.53. The zero-order chi connectivity index (χ0) is 10.7. The molecule has 0 bridgehead atoms. The number of benzene rings is 1. The molecule has 1 rings (SSSR count). The van der Waals surface area contributed by atoms with E-state index in [0.717, 1.165) is 11.6 Å². The van der Waals surface area contributed by atoms with Crippen LogP contribution in [-0.2, 0) is 0 Å². The van der Waals surface area contributed by atoms with Crippen molar-refractivity contribution in [3.8, 4) is 0 Å². The molecule has 1 nitrogen and oxygen atoms in total. The van der Waals surface area contributed by atoms with E-state index in [2.05, 4.69) is 0 Å². The Bertz CT molecular complexity index is 392. The van der Waals surface area contributed by atoms with Crippen LogP contribution in [0.5, 0.6) is 0 Å². The number of halogens is 2. The van der Waals surface area contributed by atoms with Crippen LogP contribution in [0.2, 0.25) is 5.02 Å². The van der Waals surface area contributed by atoms with Gasteiger partial charge in [-0.2, -0.15) is 0 Å². The highest BCUT2D eigenvalue weighted by atomic mass is 35.5. The van der Waals surface area contributed by atoms with E-state index in [4.69, 9.17) is 11.6 Å². The van der Waals surface area contributed by atoms with Crippen molar-refractivity contribution < 1.29 is 9.18 Å². The highest BCUT2D eigenvalue weighted by Crippen LogP contribution is 2.15. The first kappa shape index (κ1) is 10.9. The van der Waals surface area contributed by atoms with Crippen molar-refractivity contribution in [1.82, 2.24) is 0 Å². The Morgan fingerprint density at radius 3 is 2.57 bits per heavy atom. The minimum Gasteiger partial charge on any atom is -0.289 e. The lowest BCUT2D eigenvalue weighted by Gasteiger charge is -1.99. The van der Waals surface area contributed by atoms with Crippen LogP contribution in [0.1, 0.15) is 24.2 Å². The highest BCUT2D eigenvalue weighted by molar-refractivity contribution is 6.30. The smallest absolute Gasteiger partial charge is 0.188 e. The van der Waals surface area contributed by atoms with Crippen LogP contribution in [0.15, 0.2) is 29.8 Å². The van der Waals surface area contributed by atoms with Crippen LogP contribution in [0.4, 0.5) is 4.39 Å². The number of hydrogen-bond acceptors (Lipinski definition) is 1. The molecule has 3 heteroatoms. The van der Waals surface area contributed by atoms with Gasteiger partial charge in [-0.15, -0.1) is 0 Å². The van der Waals surface area contributed by atoms with Crippen molar-refractivity contribution >= 4 is 17.4 Å². The third kappa shape index (κ3) is 2.67. The Morgan fingerprint density at radius 1 is 1.43 bits per heavy atom. The van der Waals surface area contributed by atoms with E-state index in [1.807, 2.05) is 0 Å². The van der Waals surface area contributed by atoms with E-state index < -0.39 is 5.82 Å². The summed E-state index contributed by atoms with van der Waals surface area (Å²) in [5, 5.41) is 0.288. The summed E-state index contributed by atoms with van der Waals surface area (Å²) in [6.45, 7) is 3.57. The van der Waals surface area contributed by atoms with Crippen LogP contribution in [0.25, 0.3) is 0 Å². The zero-order valence-corrected chi connectivity index (χ0v) is 8.73. The molecule has 0 aliphatic heterocycles. The van der Waals surface area contributed by atoms with Gasteiger partial charge in [0.15, 0.2) is 5.78 Å². The molecular weight excluding hydrogens is 203 g/mol. The van der Waals surface area contributed by atoms with Crippen LogP contribution in [-0.4, -0.2) is 5.78 Å². The first-order chi connectivity index (χ1) is 6.50. The van der Waals surface area contributed by atoms with Crippen LogP contribution in [0, 0.1) is 5.82 Å². The molecule has 0 unspecified atom stereocenters. The molecule has 14 heavy (non-hydrogen) atoms. The van der Waals surface area contributed by atoms with Gasteiger partial charge in [-0.05, 0) is 38.1 Å². The van der Waals surface area contributed by atoms with Gasteiger partial charge in [-0.25, -0.2) is 4.39 Å². The molecule has 0 atom stereocenters. The second kappa shape index (κ2) is 4.38. The van der Waals surface area contributed by atoms with E-state index in [-0.39, 0.29) is 16.4 Å². The van der Waals surface area contributed by atoms with Crippen LogP contribution < -0.4 is 0 Å². The first-order valence-electron chi connectivity index (χ1n) is 4.15. The summed E-state index contributed by atoms with van der Waals surface area (Å²) in [4.78, 5) is 11.4. The molecule has 0 saturated heterocycles. The molecule has 0 spiro atoms. The van der Waals surface area contributed by atoms with E-state index in [0.29, 0.717) is 0 Å². The summed E-state index contributed by atoms with van der Waals surface area (Å²) in [6, 6.07) is 4.02. The molecule has 0 N–H and O–H groups in total. The van der Waals surface area contributed by atoms with Crippen LogP contribution >= 0.6 is 11.6 Å². The van der Waals surface area contributed by atoms with E-state index in [1.165, 1.54) is 18.2 Å². The van der Waals surface area contributed by atoms with Gasteiger partial charge in [-0.3, -0.25) is 4.79 Å². The van der Waals surface area contributed by atoms with Gasteiger partial charge in [0, 0.05) is 5.02 Å². The summed E-state index contributed by atoms with van der Waals surface area (Å²) in [5.41, 5.74) is 0.889. The summed E-state index contributed by atoms with van der Waals surface area (Å²) in [7, 11) is 0. The molecule has 74 valence electrons. The SMILES string of the molecule is CC(C)=CC(=O)c1ccc(Cl)cc1F. The standard InChI is InChI=1S/C11H10ClFO/c1-7(2)5-11(14)9-4-3-8(12)6-10(9)13/h3-6H,1-2H3. The number of hydrogen-bond donors (Lipinski definition) is 0. The van der Waals surface area contributed by atoms with Gasteiger partial charge in [-0.1, -0.05) is 17.2 Å². The van der Waals surface area contributed by atoms with Crippen molar-refractivity contribution in [2.75, 3.05) is 0 Å². The Labute approximate surface area is 87.2 Å². The zero-order valence-electron chi connectivity index (χ0n) is 7.97. The minimum atomic E-state index is -0.583. The lowest BCUT2D eigenvalue weighted by atomic mass is 10.1. The molecule has 0 fully saturated rings. The number of allylic oxidation sites excluding steroid dienone is 2. The summed E-state index contributed by atoms with van der Waals surface area (Å²) < 4.78 is 13.2.